The van der Waals surface area contributed by atoms with Crippen molar-refractivity contribution in [3.05, 3.63) is 61.6 Å². The molecule has 0 bridgehead atoms. The van der Waals surface area contributed by atoms with Crippen molar-refractivity contribution in [2.24, 2.45) is 0 Å². The lowest BCUT2D eigenvalue weighted by Crippen LogP contribution is -2.51. The topological polar surface area (TPSA) is 120 Å². The molecule has 1 heterocycles. The molecule has 0 spiro atoms. The normalized spacial score (nSPS) is 13.8. The average molecular weight is 560 g/mol. The second-order valence-electron chi connectivity index (χ2n) is 6.60. The van der Waals surface area contributed by atoms with E-state index in [1.807, 2.05) is 0 Å². The van der Waals surface area contributed by atoms with Crippen LogP contribution in [-0.2, 0) is 15.8 Å². The summed E-state index contributed by atoms with van der Waals surface area (Å²) >= 11 is 7.98. The molecule has 2 amide bonds. The molecule has 14 heteroatoms. The van der Waals surface area contributed by atoms with Crippen molar-refractivity contribution in [3.8, 4) is 17.2 Å². The first-order valence-electron chi connectivity index (χ1n) is 9.29. The van der Waals surface area contributed by atoms with Crippen molar-refractivity contribution >= 4 is 56.8 Å². The molecule has 2 aromatic carbocycles. The van der Waals surface area contributed by atoms with Crippen LogP contribution in [0.2, 0.25) is 0 Å². The van der Waals surface area contributed by atoms with Crippen LogP contribution < -0.4 is 20.1 Å². The number of carbonyl (C=O) groups is 2. The Balaban J connectivity index is 2.04. The maximum absolute atomic E-state index is 13.0. The Bertz CT molecular complexity index is 1230. The van der Waals surface area contributed by atoms with Gasteiger partial charge < -0.3 is 9.47 Å². The number of hydrogen-bond donors (Lipinski definition) is 2. The molecule has 0 radical (unpaired) electrons. The van der Waals surface area contributed by atoms with Gasteiger partial charge in [-0.25, -0.2) is 0 Å². The molecule has 0 atom stereocenters. The fourth-order valence-corrected chi connectivity index (χ4v) is 3.56. The Kier molecular flexibility index (Phi) is 7.21. The molecule has 2 N–H and O–H groups in total. The molecule has 1 aliphatic rings. The number of rotatable bonds is 6. The van der Waals surface area contributed by atoms with Crippen LogP contribution >= 0.6 is 28.1 Å². The maximum atomic E-state index is 13.0. The van der Waals surface area contributed by atoms with Crippen molar-refractivity contribution in [3.63, 3.8) is 0 Å². The number of halogens is 4. The SMILES string of the molecule is CCOc1cc(C=C2C(=O)NC(=S)NC2=O)cc(Br)c1Oc1ccc(C(F)(F)F)cc1[N+](=O)[O-]. The summed E-state index contributed by atoms with van der Waals surface area (Å²) in [6.07, 6.45) is -3.53. The van der Waals surface area contributed by atoms with Gasteiger partial charge in [0.1, 0.15) is 5.57 Å². The van der Waals surface area contributed by atoms with Crippen LogP contribution in [-0.4, -0.2) is 28.5 Å². The van der Waals surface area contributed by atoms with Gasteiger partial charge in [-0.2, -0.15) is 13.2 Å². The Morgan fingerprint density at radius 1 is 1.15 bits per heavy atom. The molecule has 1 saturated heterocycles. The van der Waals surface area contributed by atoms with Crippen LogP contribution in [0.1, 0.15) is 18.1 Å². The van der Waals surface area contributed by atoms with Crippen LogP contribution in [0.15, 0.2) is 40.4 Å². The standard InChI is InChI=1S/C20H13BrF3N3O6S/c1-2-32-15-7-9(5-11-17(28)25-19(34)26-18(11)29)6-12(21)16(15)33-14-4-3-10(20(22,23)24)8-13(14)27(30)31/h3-8H,2H2,1H3,(H2,25,26,28,29,34). The highest BCUT2D eigenvalue weighted by atomic mass is 79.9. The minimum Gasteiger partial charge on any atom is -0.490 e. The van der Waals surface area contributed by atoms with Gasteiger partial charge in [0.2, 0.25) is 5.75 Å². The summed E-state index contributed by atoms with van der Waals surface area (Å²) in [4.78, 5) is 34.5. The molecule has 0 aromatic heterocycles. The average Bonchev–Trinajstić information content (AvgIpc) is 2.72. The van der Waals surface area contributed by atoms with Gasteiger partial charge in [0.05, 0.1) is 21.6 Å². The van der Waals surface area contributed by atoms with Crippen LogP contribution in [0, 0.1) is 10.1 Å². The zero-order valence-electron chi connectivity index (χ0n) is 17.0. The number of nitrogens with one attached hydrogen (secondary N) is 2. The lowest BCUT2D eigenvalue weighted by Gasteiger charge is -2.17. The molecule has 0 aliphatic carbocycles. The van der Waals surface area contributed by atoms with Gasteiger partial charge in [0.25, 0.3) is 11.8 Å². The van der Waals surface area contributed by atoms with E-state index < -0.39 is 39.9 Å². The molecule has 1 aliphatic heterocycles. The quantitative estimate of drug-likeness (QED) is 0.176. The van der Waals surface area contributed by atoms with E-state index in [-0.39, 0.29) is 33.3 Å². The summed E-state index contributed by atoms with van der Waals surface area (Å²) in [6, 6.07) is 4.67. The Labute approximate surface area is 203 Å². The largest absolute Gasteiger partial charge is 0.490 e. The van der Waals surface area contributed by atoms with Gasteiger partial charge in [0.15, 0.2) is 16.6 Å². The molecule has 2 aromatic rings. The fraction of sp³-hybridized carbons (Fsp3) is 0.150. The van der Waals surface area contributed by atoms with E-state index in [2.05, 4.69) is 26.6 Å². The van der Waals surface area contributed by atoms with Gasteiger partial charge in [0, 0.05) is 6.07 Å². The van der Waals surface area contributed by atoms with E-state index in [1.165, 1.54) is 18.2 Å². The number of amides is 2. The fourth-order valence-electron chi connectivity index (χ4n) is 2.84. The molecular weight excluding hydrogens is 547 g/mol. The number of benzene rings is 2. The van der Waals surface area contributed by atoms with Crippen LogP contribution in [0.5, 0.6) is 17.2 Å². The van der Waals surface area contributed by atoms with E-state index in [9.17, 15) is 32.9 Å². The Hall–Kier alpha value is -3.52. The van der Waals surface area contributed by atoms with E-state index >= 15 is 0 Å². The number of nitrogens with zero attached hydrogens (tertiary/aromatic N) is 1. The first-order chi connectivity index (χ1) is 15.9. The maximum Gasteiger partial charge on any atom is 0.416 e. The van der Waals surface area contributed by atoms with Gasteiger partial charge in [-0.05, 0) is 71.0 Å². The van der Waals surface area contributed by atoms with Crippen LogP contribution in [0.3, 0.4) is 0 Å². The second-order valence-corrected chi connectivity index (χ2v) is 7.86. The number of thiocarbonyl (C=S) groups is 1. The summed E-state index contributed by atoms with van der Waals surface area (Å²) in [5, 5.41) is 15.8. The smallest absolute Gasteiger partial charge is 0.416 e. The van der Waals surface area contributed by atoms with Gasteiger partial charge in [-0.1, -0.05) is 0 Å². The second kappa shape index (κ2) is 9.77. The molecule has 0 saturated carbocycles. The number of alkyl halides is 3. The third-order valence-corrected chi connectivity index (χ3v) is 5.07. The molecule has 0 unspecified atom stereocenters. The molecule has 9 nitrogen and oxygen atoms in total. The number of carbonyl (C=O) groups excluding carboxylic acids is 2. The zero-order chi connectivity index (χ0) is 25.2. The Morgan fingerprint density at radius 3 is 2.35 bits per heavy atom. The lowest BCUT2D eigenvalue weighted by molar-refractivity contribution is -0.385. The summed E-state index contributed by atoms with van der Waals surface area (Å²) in [5.41, 5.74) is -2.03. The van der Waals surface area contributed by atoms with Gasteiger partial charge >= 0.3 is 11.9 Å². The van der Waals surface area contributed by atoms with Crippen molar-refractivity contribution in [1.29, 1.82) is 0 Å². The zero-order valence-corrected chi connectivity index (χ0v) is 19.4. The van der Waals surface area contributed by atoms with E-state index in [0.29, 0.717) is 17.7 Å². The minimum atomic E-state index is -4.78. The van der Waals surface area contributed by atoms with Crippen molar-refractivity contribution in [1.82, 2.24) is 10.6 Å². The first-order valence-corrected chi connectivity index (χ1v) is 10.5. The van der Waals surface area contributed by atoms with Crippen molar-refractivity contribution < 1.29 is 37.2 Å². The molecule has 178 valence electrons. The van der Waals surface area contributed by atoms with Crippen LogP contribution in [0.25, 0.3) is 6.08 Å². The number of ether oxygens (including phenoxy) is 2. The van der Waals surface area contributed by atoms with Gasteiger partial charge in [-0.15, -0.1) is 0 Å². The highest BCUT2D eigenvalue weighted by Crippen LogP contribution is 2.44. The van der Waals surface area contributed by atoms with Gasteiger partial charge in [-0.3, -0.25) is 30.3 Å². The predicted octanol–water partition coefficient (Wildman–Crippen LogP) is 4.48. The third-order valence-electron chi connectivity index (χ3n) is 4.28. The molecule has 34 heavy (non-hydrogen) atoms. The molecular formula is C20H13BrF3N3O6S. The summed E-state index contributed by atoms with van der Waals surface area (Å²) in [5.74, 6) is -1.91. The van der Waals surface area contributed by atoms with E-state index in [1.54, 1.807) is 6.92 Å². The number of nitro groups is 1. The minimum absolute atomic E-state index is 0.0464. The predicted molar refractivity (Wildman–Crippen MR) is 120 cm³/mol. The Morgan fingerprint density at radius 2 is 1.79 bits per heavy atom. The van der Waals surface area contributed by atoms with E-state index in [0.717, 1.165) is 6.07 Å². The highest BCUT2D eigenvalue weighted by Gasteiger charge is 2.34. The monoisotopic (exact) mass is 559 g/mol. The van der Waals surface area contributed by atoms with Crippen molar-refractivity contribution in [2.45, 2.75) is 13.1 Å². The summed E-state index contributed by atoms with van der Waals surface area (Å²) < 4.78 is 50.2. The number of hydrogen-bond acceptors (Lipinski definition) is 7. The summed E-state index contributed by atoms with van der Waals surface area (Å²) in [7, 11) is 0. The highest BCUT2D eigenvalue weighted by molar-refractivity contribution is 9.10. The van der Waals surface area contributed by atoms with Crippen molar-refractivity contribution in [2.75, 3.05) is 6.61 Å². The van der Waals surface area contributed by atoms with E-state index in [4.69, 9.17) is 21.7 Å². The first kappa shape index (κ1) is 25.1. The summed E-state index contributed by atoms with van der Waals surface area (Å²) in [6.45, 7) is 1.78. The van der Waals surface area contributed by atoms with Crippen LogP contribution in [0.4, 0.5) is 18.9 Å². The molecule has 3 rings (SSSR count). The lowest BCUT2D eigenvalue weighted by atomic mass is 10.1. The number of nitro benzene ring substituents is 1. The molecule has 1 fully saturated rings. The third kappa shape index (κ3) is 5.51.